The first-order chi connectivity index (χ1) is 11.0. The number of carboxylic acid groups (broad SMARTS) is 1. The van der Waals surface area contributed by atoms with Crippen molar-refractivity contribution in [2.75, 3.05) is 13.2 Å². The summed E-state index contributed by atoms with van der Waals surface area (Å²) in [5.74, 6) is -0.552. The van der Waals surface area contributed by atoms with E-state index in [1.807, 2.05) is 30.5 Å². The van der Waals surface area contributed by atoms with Crippen LogP contribution >= 0.6 is 11.3 Å². The number of aliphatic carboxylic acids is 1. The zero-order chi connectivity index (χ0) is 16.7. The van der Waals surface area contributed by atoms with Gasteiger partial charge >= 0.3 is 5.97 Å². The number of carbonyl (C=O) groups is 2. The number of hydrogen-bond donors (Lipinski definition) is 2. The summed E-state index contributed by atoms with van der Waals surface area (Å²) in [7, 11) is 0. The number of ether oxygens (including phenoxy) is 1. The molecule has 23 heavy (non-hydrogen) atoms. The van der Waals surface area contributed by atoms with Gasteiger partial charge in [0.1, 0.15) is 5.75 Å². The Labute approximate surface area is 138 Å². The lowest BCUT2D eigenvalue weighted by Gasteiger charge is -2.08. The molecule has 1 aromatic heterocycles. The van der Waals surface area contributed by atoms with Gasteiger partial charge in [-0.1, -0.05) is 12.1 Å². The quantitative estimate of drug-likeness (QED) is 0.724. The predicted molar refractivity (Wildman–Crippen MR) is 87.7 cm³/mol. The van der Waals surface area contributed by atoms with E-state index in [0.29, 0.717) is 18.7 Å². The van der Waals surface area contributed by atoms with Gasteiger partial charge in [-0.2, -0.15) is 0 Å². The molecule has 0 atom stereocenters. The lowest BCUT2D eigenvalue weighted by atomic mass is 10.2. The Balaban J connectivity index is 1.81. The Morgan fingerprint density at radius 2 is 2.22 bits per heavy atom. The van der Waals surface area contributed by atoms with Crippen molar-refractivity contribution in [1.82, 2.24) is 10.3 Å². The summed E-state index contributed by atoms with van der Waals surface area (Å²) in [6.45, 7) is 2.17. The van der Waals surface area contributed by atoms with Crippen LogP contribution in [-0.2, 0) is 9.59 Å². The summed E-state index contributed by atoms with van der Waals surface area (Å²) < 4.78 is 5.46. The monoisotopic (exact) mass is 334 g/mol. The molecule has 0 unspecified atom stereocenters. The third kappa shape index (κ3) is 5.71. The highest BCUT2D eigenvalue weighted by Crippen LogP contribution is 2.25. The van der Waals surface area contributed by atoms with E-state index in [-0.39, 0.29) is 18.9 Å². The lowest BCUT2D eigenvalue weighted by molar-refractivity contribution is -0.137. The van der Waals surface area contributed by atoms with Crippen LogP contribution in [0.3, 0.4) is 0 Å². The number of rotatable bonds is 8. The fourth-order valence-corrected chi connectivity index (χ4v) is 2.53. The number of benzene rings is 1. The molecule has 0 aliphatic heterocycles. The first-order valence-electron chi connectivity index (χ1n) is 7.18. The van der Waals surface area contributed by atoms with Crippen molar-refractivity contribution in [1.29, 1.82) is 0 Å². The molecule has 0 radical (unpaired) electrons. The molecule has 1 aromatic carbocycles. The minimum atomic E-state index is -0.871. The van der Waals surface area contributed by atoms with E-state index in [9.17, 15) is 9.59 Å². The van der Waals surface area contributed by atoms with Gasteiger partial charge in [-0.25, -0.2) is 4.98 Å². The molecule has 1 heterocycles. The molecule has 2 N–H and O–H groups in total. The van der Waals surface area contributed by atoms with E-state index in [4.69, 9.17) is 9.84 Å². The van der Waals surface area contributed by atoms with Gasteiger partial charge in [-0.15, -0.1) is 11.3 Å². The van der Waals surface area contributed by atoms with Crippen LogP contribution < -0.4 is 10.1 Å². The van der Waals surface area contributed by atoms with Crippen LogP contribution in [0.15, 0.2) is 29.6 Å². The molecular formula is C16H18N2O4S. The highest BCUT2D eigenvalue weighted by Gasteiger charge is 2.06. The molecule has 0 fully saturated rings. The zero-order valence-electron chi connectivity index (χ0n) is 12.7. The molecule has 0 saturated heterocycles. The summed E-state index contributed by atoms with van der Waals surface area (Å²) in [5, 5.41) is 14.1. The Bertz CT molecular complexity index is 684. The maximum atomic E-state index is 11.6. The van der Waals surface area contributed by atoms with Crippen LogP contribution in [0.5, 0.6) is 5.75 Å². The second kappa shape index (κ2) is 8.28. The van der Waals surface area contributed by atoms with Crippen LogP contribution in [0.1, 0.15) is 17.8 Å². The highest BCUT2D eigenvalue weighted by molar-refractivity contribution is 7.09. The van der Waals surface area contributed by atoms with Crippen molar-refractivity contribution in [3.8, 4) is 17.0 Å². The summed E-state index contributed by atoms with van der Waals surface area (Å²) in [5.41, 5.74) is 1.82. The first-order valence-corrected chi connectivity index (χ1v) is 8.06. The second-order valence-corrected chi connectivity index (χ2v) is 5.98. The van der Waals surface area contributed by atoms with Crippen molar-refractivity contribution in [2.24, 2.45) is 0 Å². The number of thiazole rings is 1. The molecule has 2 rings (SSSR count). The van der Waals surface area contributed by atoms with E-state index in [2.05, 4.69) is 10.3 Å². The standard InChI is InChI=1S/C16H18N2O4S/c1-11-18-14(10-23-11)12-4-2-5-13(8-12)22-9-15(19)17-7-3-6-16(20)21/h2,4-5,8,10H,3,6-7,9H2,1H3,(H,17,19)(H,20,21). The largest absolute Gasteiger partial charge is 0.484 e. The van der Waals surface area contributed by atoms with Crippen molar-refractivity contribution >= 4 is 23.2 Å². The zero-order valence-corrected chi connectivity index (χ0v) is 13.6. The summed E-state index contributed by atoms with van der Waals surface area (Å²) in [4.78, 5) is 26.4. The van der Waals surface area contributed by atoms with Crippen LogP contribution in [0.2, 0.25) is 0 Å². The average Bonchev–Trinajstić information content (AvgIpc) is 2.96. The van der Waals surface area contributed by atoms with E-state index in [1.54, 1.807) is 17.4 Å². The van der Waals surface area contributed by atoms with E-state index in [1.165, 1.54) is 0 Å². The Morgan fingerprint density at radius 1 is 1.39 bits per heavy atom. The number of aromatic nitrogens is 1. The molecule has 0 saturated carbocycles. The topological polar surface area (TPSA) is 88.5 Å². The van der Waals surface area contributed by atoms with Crippen LogP contribution in [0.4, 0.5) is 0 Å². The van der Waals surface area contributed by atoms with Crippen LogP contribution in [-0.4, -0.2) is 35.1 Å². The van der Waals surface area contributed by atoms with Gasteiger partial charge in [0.25, 0.3) is 5.91 Å². The molecule has 2 aromatic rings. The Morgan fingerprint density at radius 3 is 2.91 bits per heavy atom. The molecule has 0 bridgehead atoms. The van der Waals surface area contributed by atoms with Crippen LogP contribution in [0, 0.1) is 6.92 Å². The normalized spacial score (nSPS) is 10.3. The number of amides is 1. The molecule has 0 spiro atoms. The summed E-state index contributed by atoms with van der Waals surface area (Å²) >= 11 is 1.58. The highest BCUT2D eigenvalue weighted by atomic mass is 32.1. The second-order valence-electron chi connectivity index (χ2n) is 4.92. The number of nitrogens with zero attached hydrogens (tertiary/aromatic N) is 1. The number of hydrogen-bond acceptors (Lipinski definition) is 5. The van der Waals surface area contributed by atoms with Crippen molar-refractivity contribution in [3.05, 3.63) is 34.7 Å². The van der Waals surface area contributed by atoms with Gasteiger partial charge < -0.3 is 15.2 Å². The van der Waals surface area contributed by atoms with Gasteiger partial charge in [0.2, 0.25) is 0 Å². The maximum absolute atomic E-state index is 11.6. The number of nitrogens with one attached hydrogen (secondary N) is 1. The molecule has 6 nitrogen and oxygen atoms in total. The van der Waals surface area contributed by atoms with Gasteiger partial charge in [0.15, 0.2) is 6.61 Å². The van der Waals surface area contributed by atoms with Gasteiger partial charge in [0, 0.05) is 23.9 Å². The average molecular weight is 334 g/mol. The van der Waals surface area contributed by atoms with Crippen molar-refractivity contribution in [3.63, 3.8) is 0 Å². The minimum Gasteiger partial charge on any atom is -0.484 e. The Kier molecular flexibility index (Phi) is 6.10. The fraction of sp³-hybridized carbons (Fsp3) is 0.312. The van der Waals surface area contributed by atoms with E-state index >= 15 is 0 Å². The molecular weight excluding hydrogens is 316 g/mol. The molecule has 0 aliphatic carbocycles. The van der Waals surface area contributed by atoms with E-state index in [0.717, 1.165) is 16.3 Å². The van der Waals surface area contributed by atoms with E-state index < -0.39 is 5.97 Å². The van der Waals surface area contributed by atoms with Gasteiger partial charge in [0.05, 0.1) is 10.7 Å². The Hall–Kier alpha value is -2.41. The first kappa shape index (κ1) is 17.0. The number of aryl methyl sites for hydroxylation is 1. The third-order valence-corrected chi connectivity index (χ3v) is 3.78. The smallest absolute Gasteiger partial charge is 0.303 e. The fourth-order valence-electron chi connectivity index (χ4n) is 1.91. The molecule has 0 aliphatic rings. The maximum Gasteiger partial charge on any atom is 0.303 e. The lowest BCUT2D eigenvalue weighted by Crippen LogP contribution is -2.29. The third-order valence-electron chi connectivity index (χ3n) is 3.01. The summed E-state index contributed by atoms with van der Waals surface area (Å²) in [6, 6.07) is 7.41. The molecule has 7 heteroatoms. The number of carboxylic acids is 1. The van der Waals surface area contributed by atoms with Gasteiger partial charge in [-0.3, -0.25) is 9.59 Å². The molecule has 1 amide bonds. The number of carbonyl (C=O) groups excluding carboxylic acids is 1. The predicted octanol–water partition coefficient (Wildman–Crippen LogP) is 2.48. The SMILES string of the molecule is Cc1nc(-c2cccc(OCC(=O)NCCCC(=O)O)c2)cs1. The van der Waals surface area contributed by atoms with Crippen molar-refractivity contribution < 1.29 is 19.4 Å². The minimum absolute atomic E-state index is 0.0379. The summed E-state index contributed by atoms with van der Waals surface area (Å²) in [6.07, 6.45) is 0.440. The van der Waals surface area contributed by atoms with Crippen LogP contribution in [0.25, 0.3) is 11.3 Å². The van der Waals surface area contributed by atoms with Crippen molar-refractivity contribution in [2.45, 2.75) is 19.8 Å². The molecule has 122 valence electrons. The van der Waals surface area contributed by atoms with Gasteiger partial charge in [-0.05, 0) is 25.5 Å².